The topological polar surface area (TPSA) is 91.7 Å². The van der Waals surface area contributed by atoms with Gasteiger partial charge in [-0.05, 0) is 32.1 Å². The third kappa shape index (κ3) is 2.63. The minimum Gasteiger partial charge on any atom is -0.507 e. The van der Waals surface area contributed by atoms with E-state index >= 15 is 0 Å². The zero-order valence-electron chi connectivity index (χ0n) is 11.6. The highest BCUT2D eigenvalue weighted by molar-refractivity contribution is 6.25. The second-order valence-electron chi connectivity index (χ2n) is 5.01. The van der Waals surface area contributed by atoms with Crippen LogP contribution in [-0.4, -0.2) is 27.6 Å². The molecule has 1 aliphatic carbocycles. The molecule has 1 aromatic rings. The number of fused-ring (bicyclic) bond motifs is 1. The molecule has 0 unspecified atom stereocenters. The van der Waals surface area contributed by atoms with Gasteiger partial charge in [-0.2, -0.15) is 0 Å². The van der Waals surface area contributed by atoms with Gasteiger partial charge in [-0.15, -0.1) is 0 Å². The maximum atomic E-state index is 12.1. The number of hydrogen-bond donors (Lipinski definition) is 2. The van der Waals surface area contributed by atoms with Crippen molar-refractivity contribution in [2.24, 2.45) is 0 Å². The molecule has 0 heterocycles. The number of hydrogen-bond acceptors (Lipinski definition) is 5. The highest BCUT2D eigenvalue weighted by atomic mass is 16.3. The van der Waals surface area contributed by atoms with Crippen molar-refractivity contribution >= 4 is 17.3 Å². The Morgan fingerprint density at radius 2 is 1.67 bits per heavy atom. The number of aromatic hydroxyl groups is 2. The first kappa shape index (κ1) is 14.7. The average molecular weight is 286 g/mol. The zero-order valence-corrected chi connectivity index (χ0v) is 11.6. The lowest BCUT2D eigenvalue weighted by Crippen LogP contribution is -2.14. The van der Waals surface area contributed by atoms with E-state index in [2.05, 4.69) is 0 Å². The van der Waals surface area contributed by atoms with E-state index in [4.69, 9.17) is 0 Å². The molecule has 0 radical (unpaired) electrons. The summed E-state index contributed by atoms with van der Waals surface area (Å²) >= 11 is 0. The van der Waals surface area contributed by atoms with Crippen LogP contribution < -0.4 is 0 Å². The van der Waals surface area contributed by atoms with E-state index in [9.17, 15) is 24.6 Å². The maximum Gasteiger partial charge on any atom is 0.190 e. The van der Waals surface area contributed by atoms with Gasteiger partial charge in [0.1, 0.15) is 11.5 Å². The van der Waals surface area contributed by atoms with Crippen LogP contribution in [0.15, 0.2) is 29.9 Å². The molecule has 5 heteroatoms. The van der Waals surface area contributed by atoms with Crippen molar-refractivity contribution in [3.05, 3.63) is 46.6 Å². The molecule has 0 atom stereocenters. The number of benzene rings is 1. The number of carbonyl (C=O) groups is 3. The van der Waals surface area contributed by atoms with Crippen molar-refractivity contribution in [2.75, 3.05) is 0 Å². The molecule has 0 saturated carbocycles. The van der Waals surface area contributed by atoms with E-state index in [1.165, 1.54) is 0 Å². The Balaban J connectivity index is 2.58. The molecule has 0 aromatic heterocycles. The summed E-state index contributed by atoms with van der Waals surface area (Å²) in [7, 11) is 0. The number of Topliss-reactive ketones (excluding diaryl/α,β-unsaturated/α-hetero) is 1. The second-order valence-corrected chi connectivity index (χ2v) is 5.01. The third-order valence-corrected chi connectivity index (χ3v) is 3.15. The smallest absolute Gasteiger partial charge is 0.190 e. The number of phenols is 2. The number of ketones is 3. The van der Waals surface area contributed by atoms with Crippen molar-refractivity contribution in [1.29, 1.82) is 0 Å². The highest BCUT2D eigenvalue weighted by Gasteiger charge is 2.29. The van der Waals surface area contributed by atoms with E-state index in [0.717, 1.165) is 23.8 Å². The molecule has 2 N–H and O–H groups in total. The van der Waals surface area contributed by atoms with Crippen LogP contribution in [0.25, 0.3) is 0 Å². The summed E-state index contributed by atoms with van der Waals surface area (Å²) in [6, 6.07) is 1.03. The molecule has 2 rings (SSSR count). The quantitative estimate of drug-likeness (QED) is 0.506. The third-order valence-electron chi connectivity index (χ3n) is 3.15. The predicted molar refractivity (Wildman–Crippen MR) is 76.0 cm³/mol. The van der Waals surface area contributed by atoms with Gasteiger partial charge in [0, 0.05) is 6.42 Å². The SMILES string of the molecule is CC(C)=CCC(=O)c1cc(O)c2c(c1O)C(=O)C=CC2=O. The minimum atomic E-state index is -0.616. The van der Waals surface area contributed by atoms with E-state index in [0.29, 0.717) is 0 Å². The summed E-state index contributed by atoms with van der Waals surface area (Å²) < 4.78 is 0. The lowest BCUT2D eigenvalue weighted by molar-refractivity contribution is 0.0979. The standard InChI is InChI=1S/C16H14O5/c1-8(2)3-4-10(17)9-7-13(20)14-11(18)5-6-12(19)15(14)16(9)21/h3,5-7,20-21H,4H2,1-2H3. The van der Waals surface area contributed by atoms with Crippen molar-refractivity contribution in [3.63, 3.8) is 0 Å². The van der Waals surface area contributed by atoms with Gasteiger partial charge in [0.15, 0.2) is 17.3 Å². The molecule has 1 aromatic carbocycles. The molecule has 0 spiro atoms. The Morgan fingerprint density at radius 3 is 2.24 bits per heavy atom. The fraction of sp³-hybridized carbons (Fsp3) is 0.188. The Labute approximate surface area is 121 Å². The first-order valence-corrected chi connectivity index (χ1v) is 6.35. The number of carbonyl (C=O) groups excluding carboxylic acids is 3. The largest absolute Gasteiger partial charge is 0.507 e. The highest BCUT2D eigenvalue weighted by Crippen LogP contribution is 2.36. The Bertz CT molecular complexity index is 719. The van der Waals surface area contributed by atoms with E-state index in [1.54, 1.807) is 6.08 Å². The van der Waals surface area contributed by atoms with Gasteiger partial charge in [-0.1, -0.05) is 11.6 Å². The summed E-state index contributed by atoms with van der Waals surface area (Å²) in [6.07, 6.45) is 3.74. The fourth-order valence-electron chi connectivity index (χ4n) is 2.09. The van der Waals surface area contributed by atoms with Crippen LogP contribution in [-0.2, 0) is 0 Å². The van der Waals surface area contributed by atoms with Crippen molar-refractivity contribution in [3.8, 4) is 11.5 Å². The van der Waals surface area contributed by atoms with Crippen LogP contribution >= 0.6 is 0 Å². The summed E-state index contributed by atoms with van der Waals surface area (Å²) in [6.45, 7) is 3.65. The number of phenolic OH excluding ortho intramolecular Hbond substituents is 2. The molecule has 0 fully saturated rings. The molecule has 21 heavy (non-hydrogen) atoms. The normalized spacial score (nSPS) is 13.0. The van der Waals surface area contributed by atoms with E-state index in [-0.39, 0.29) is 23.1 Å². The fourth-order valence-corrected chi connectivity index (χ4v) is 2.09. The molecule has 0 saturated heterocycles. The predicted octanol–water partition coefficient (Wildman–Crippen LogP) is 2.57. The molecular formula is C16H14O5. The number of rotatable bonds is 3. The number of allylic oxidation sites excluding steroid dienone is 4. The summed E-state index contributed by atoms with van der Waals surface area (Å²) in [5.41, 5.74) is 0.182. The Kier molecular flexibility index (Phi) is 3.76. The van der Waals surface area contributed by atoms with Crippen LogP contribution in [0.1, 0.15) is 51.3 Å². The zero-order chi connectivity index (χ0) is 15.7. The minimum absolute atomic E-state index is 0.0338. The van der Waals surface area contributed by atoms with Crippen molar-refractivity contribution in [1.82, 2.24) is 0 Å². The van der Waals surface area contributed by atoms with Gasteiger partial charge in [0.05, 0.1) is 16.7 Å². The molecular weight excluding hydrogens is 272 g/mol. The summed E-state index contributed by atoms with van der Waals surface area (Å²) in [5, 5.41) is 20.0. The van der Waals surface area contributed by atoms with Gasteiger partial charge < -0.3 is 10.2 Å². The Hall–Kier alpha value is -2.69. The molecule has 5 nitrogen and oxygen atoms in total. The van der Waals surface area contributed by atoms with Crippen LogP contribution in [0.2, 0.25) is 0 Å². The molecule has 1 aliphatic rings. The molecule has 0 bridgehead atoms. The first-order chi connectivity index (χ1) is 9.82. The maximum absolute atomic E-state index is 12.1. The second kappa shape index (κ2) is 5.36. The summed E-state index contributed by atoms with van der Waals surface area (Å²) in [4.78, 5) is 35.6. The first-order valence-electron chi connectivity index (χ1n) is 6.35. The van der Waals surface area contributed by atoms with Gasteiger partial charge in [-0.3, -0.25) is 14.4 Å². The van der Waals surface area contributed by atoms with Crippen LogP contribution in [0.5, 0.6) is 11.5 Å². The lowest BCUT2D eigenvalue weighted by Gasteiger charge is -2.15. The summed E-state index contributed by atoms with van der Waals surface area (Å²) in [5.74, 6) is -2.68. The average Bonchev–Trinajstić information content (AvgIpc) is 2.42. The van der Waals surface area contributed by atoms with Gasteiger partial charge in [0.2, 0.25) is 0 Å². The Morgan fingerprint density at radius 1 is 1.10 bits per heavy atom. The molecule has 0 aliphatic heterocycles. The van der Waals surface area contributed by atoms with Gasteiger partial charge in [0.25, 0.3) is 0 Å². The van der Waals surface area contributed by atoms with E-state index < -0.39 is 28.8 Å². The van der Waals surface area contributed by atoms with Crippen LogP contribution in [0.3, 0.4) is 0 Å². The molecule has 0 amide bonds. The van der Waals surface area contributed by atoms with Crippen molar-refractivity contribution < 1.29 is 24.6 Å². The van der Waals surface area contributed by atoms with Gasteiger partial charge >= 0.3 is 0 Å². The van der Waals surface area contributed by atoms with E-state index in [1.807, 2.05) is 13.8 Å². The van der Waals surface area contributed by atoms with Crippen LogP contribution in [0.4, 0.5) is 0 Å². The van der Waals surface area contributed by atoms with Crippen molar-refractivity contribution in [2.45, 2.75) is 20.3 Å². The van der Waals surface area contributed by atoms with Gasteiger partial charge in [-0.25, -0.2) is 0 Å². The monoisotopic (exact) mass is 286 g/mol. The lowest BCUT2D eigenvalue weighted by atomic mass is 9.89. The van der Waals surface area contributed by atoms with Crippen LogP contribution in [0, 0.1) is 0 Å². The molecule has 108 valence electrons.